The zero-order valence-corrected chi connectivity index (χ0v) is 20.0. The highest BCUT2D eigenvalue weighted by Crippen LogP contribution is 2.32. The number of nitrogens with two attached hydrogens (primary N) is 1. The van der Waals surface area contributed by atoms with Gasteiger partial charge in [-0.3, -0.25) is 4.79 Å². The van der Waals surface area contributed by atoms with E-state index < -0.39 is 15.5 Å². The van der Waals surface area contributed by atoms with E-state index >= 15 is 0 Å². The third-order valence-electron chi connectivity index (χ3n) is 4.82. The Hall–Kier alpha value is -1.61. The first-order valence-electron chi connectivity index (χ1n) is 9.90. The second kappa shape index (κ2) is 9.26. The summed E-state index contributed by atoms with van der Waals surface area (Å²) in [6, 6.07) is 6.39. The van der Waals surface area contributed by atoms with Crippen molar-refractivity contribution in [2.24, 2.45) is 9.50 Å². The zero-order valence-electron chi connectivity index (χ0n) is 18.4. The molecule has 1 atom stereocenters. The summed E-state index contributed by atoms with van der Waals surface area (Å²) in [6.45, 7) is 10.7. The fourth-order valence-corrected chi connectivity index (χ4v) is 5.68. The van der Waals surface area contributed by atoms with Gasteiger partial charge in [-0.25, -0.2) is 18.1 Å². The third kappa shape index (κ3) is 5.75. The number of hydrogen-bond donors (Lipinski definition) is 2. The highest BCUT2D eigenvalue weighted by atomic mass is 32.2. The summed E-state index contributed by atoms with van der Waals surface area (Å²) >= 11 is 1.11. The van der Waals surface area contributed by atoms with E-state index in [0.717, 1.165) is 16.9 Å². The minimum absolute atomic E-state index is 0.0111. The predicted octanol–water partition coefficient (Wildman–Crippen LogP) is 4.87. The van der Waals surface area contributed by atoms with Crippen molar-refractivity contribution in [2.45, 2.75) is 69.6 Å². The van der Waals surface area contributed by atoms with Crippen LogP contribution in [0, 0.1) is 5.82 Å². The van der Waals surface area contributed by atoms with Gasteiger partial charge in [-0.15, -0.1) is 11.3 Å². The van der Waals surface area contributed by atoms with E-state index in [9.17, 15) is 18.5 Å². The summed E-state index contributed by atoms with van der Waals surface area (Å²) in [5, 5.41) is 16.0. The second-order valence-electron chi connectivity index (χ2n) is 8.59. The standard InChI is InChI=1S/C22H31FN2O3S2/c1-13(2)16-7-8-18(23)21(14(3)4)17(16)11-15(26)12-25-30(24,28)20-10-9-19(29-20)22(5,6)27/h7-10,13-14,27H,11-12H2,1-6H3,(H2,24,25,28). The molecule has 0 spiro atoms. The van der Waals surface area contributed by atoms with Crippen LogP contribution in [0.15, 0.2) is 32.8 Å². The lowest BCUT2D eigenvalue weighted by atomic mass is 9.86. The first kappa shape index (κ1) is 24.7. The van der Waals surface area contributed by atoms with Crippen LogP contribution >= 0.6 is 11.3 Å². The molecule has 0 amide bonds. The SMILES string of the molecule is CC(C)c1ccc(F)c(C(C)C)c1CC(=O)CN=S(N)(=O)c1ccc(C(C)(C)O)s1. The molecule has 2 aromatic rings. The van der Waals surface area contributed by atoms with Crippen LogP contribution in [0.4, 0.5) is 4.39 Å². The molecule has 0 aliphatic rings. The van der Waals surface area contributed by atoms with Crippen LogP contribution in [0.25, 0.3) is 0 Å². The molecule has 1 unspecified atom stereocenters. The van der Waals surface area contributed by atoms with Crippen molar-refractivity contribution in [3.05, 3.63) is 51.7 Å². The number of nitrogens with zero attached hydrogens (tertiary/aromatic N) is 1. The first-order valence-corrected chi connectivity index (χ1v) is 12.3. The molecule has 1 aromatic carbocycles. The minimum Gasteiger partial charge on any atom is -0.385 e. The van der Waals surface area contributed by atoms with Crippen molar-refractivity contribution in [1.82, 2.24) is 0 Å². The number of carbonyl (C=O) groups is 1. The molecule has 0 saturated heterocycles. The van der Waals surface area contributed by atoms with Crippen molar-refractivity contribution in [3.63, 3.8) is 0 Å². The number of ketones is 1. The number of benzene rings is 1. The Morgan fingerprint density at radius 2 is 1.83 bits per heavy atom. The Labute approximate surface area is 182 Å². The lowest BCUT2D eigenvalue weighted by Gasteiger charge is -2.20. The Balaban J connectivity index is 2.31. The number of aliphatic hydroxyl groups is 1. The maximum Gasteiger partial charge on any atom is 0.159 e. The van der Waals surface area contributed by atoms with Crippen LogP contribution in [0.2, 0.25) is 0 Å². The van der Waals surface area contributed by atoms with Crippen molar-refractivity contribution in [3.8, 4) is 0 Å². The van der Waals surface area contributed by atoms with Gasteiger partial charge in [-0.05, 0) is 60.6 Å². The van der Waals surface area contributed by atoms with Gasteiger partial charge in [0.15, 0.2) is 5.78 Å². The molecule has 0 aliphatic heterocycles. The number of rotatable bonds is 8. The lowest BCUT2D eigenvalue weighted by molar-refractivity contribution is -0.117. The van der Waals surface area contributed by atoms with E-state index in [1.165, 1.54) is 6.07 Å². The Bertz CT molecular complexity index is 1040. The van der Waals surface area contributed by atoms with Gasteiger partial charge in [0, 0.05) is 11.3 Å². The maximum absolute atomic E-state index is 14.5. The Morgan fingerprint density at radius 1 is 1.20 bits per heavy atom. The van der Waals surface area contributed by atoms with Crippen LogP contribution in [-0.4, -0.2) is 21.6 Å². The second-order valence-corrected chi connectivity index (χ2v) is 11.8. The molecule has 30 heavy (non-hydrogen) atoms. The molecule has 5 nitrogen and oxygen atoms in total. The van der Waals surface area contributed by atoms with E-state index in [1.54, 1.807) is 32.0 Å². The fraction of sp³-hybridized carbons (Fsp3) is 0.500. The van der Waals surface area contributed by atoms with Crippen molar-refractivity contribution < 1.29 is 18.5 Å². The molecule has 0 saturated carbocycles. The summed E-state index contributed by atoms with van der Waals surface area (Å²) < 4.78 is 31.6. The largest absolute Gasteiger partial charge is 0.385 e. The smallest absolute Gasteiger partial charge is 0.159 e. The first-order chi connectivity index (χ1) is 13.7. The number of halogens is 1. The molecule has 2 rings (SSSR count). The molecule has 0 aliphatic carbocycles. The van der Waals surface area contributed by atoms with Crippen LogP contribution in [0.1, 0.15) is 74.9 Å². The van der Waals surface area contributed by atoms with Gasteiger partial charge in [0.05, 0.1) is 5.60 Å². The van der Waals surface area contributed by atoms with Gasteiger partial charge < -0.3 is 5.11 Å². The van der Waals surface area contributed by atoms with Crippen molar-refractivity contribution >= 4 is 27.0 Å². The molecule has 0 radical (unpaired) electrons. The van der Waals surface area contributed by atoms with E-state index in [4.69, 9.17) is 5.14 Å². The predicted molar refractivity (Wildman–Crippen MR) is 121 cm³/mol. The molecule has 8 heteroatoms. The minimum atomic E-state index is -3.26. The number of carbonyl (C=O) groups excluding carboxylic acids is 1. The van der Waals surface area contributed by atoms with Crippen LogP contribution in [0.5, 0.6) is 0 Å². The van der Waals surface area contributed by atoms with Crippen molar-refractivity contribution in [1.29, 1.82) is 0 Å². The molecule has 1 aromatic heterocycles. The lowest BCUT2D eigenvalue weighted by Crippen LogP contribution is -2.17. The molecule has 0 bridgehead atoms. The van der Waals surface area contributed by atoms with Crippen LogP contribution in [-0.2, 0) is 26.7 Å². The van der Waals surface area contributed by atoms with Gasteiger partial charge in [0.2, 0.25) is 0 Å². The average molecular weight is 455 g/mol. The van der Waals surface area contributed by atoms with Crippen LogP contribution < -0.4 is 5.14 Å². The summed E-state index contributed by atoms with van der Waals surface area (Å²) in [7, 11) is -3.26. The molecule has 3 N–H and O–H groups in total. The molecule has 166 valence electrons. The van der Waals surface area contributed by atoms with Gasteiger partial charge >= 0.3 is 0 Å². The van der Waals surface area contributed by atoms with Crippen molar-refractivity contribution in [2.75, 3.05) is 6.54 Å². The van der Waals surface area contributed by atoms with Gasteiger partial charge in [-0.1, -0.05) is 33.8 Å². The topological polar surface area (TPSA) is 92.8 Å². The number of Topliss-reactive ketones (excluding diaryl/α,β-unsaturated/α-hetero) is 1. The summed E-state index contributed by atoms with van der Waals surface area (Å²) in [5.41, 5.74) is 1.07. The van der Waals surface area contributed by atoms with E-state index in [2.05, 4.69) is 4.36 Å². The molecule has 1 heterocycles. The average Bonchev–Trinajstić information content (AvgIpc) is 3.11. The normalized spacial score (nSPS) is 14.2. The molecular formula is C22H31FN2O3S2. The van der Waals surface area contributed by atoms with E-state index in [-0.39, 0.29) is 36.4 Å². The molecule has 0 fully saturated rings. The maximum atomic E-state index is 14.5. The number of thiophene rings is 1. The van der Waals surface area contributed by atoms with E-state index in [0.29, 0.717) is 20.2 Å². The van der Waals surface area contributed by atoms with Crippen LogP contribution in [0.3, 0.4) is 0 Å². The highest BCUT2D eigenvalue weighted by Gasteiger charge is 2.22. The highest BCUT2D eigenvalue weighted by molar-refractivity contribution is 7.93. The Morgan fingerprint density at radius 3 is 2.33 bits per heavy atom. The fourth-order valence-electron chi connectivity index (χ4n) is 3.31. The monoisotopic (exact) mass is 454 g/mol. The summed E-state index contributed by atoms with van der Waals surface area (Å²) in [5.74, 6) is -0.544. The summed E-state index contributed by atoms with van der Waals surface area (Å²) in [4.78, 5) is 13.3. The van der Waals surface area contributed by atoms with E-state index in [1.807, 2.05) is 27.7 Å². The summed E-state index contributed by atoms with van der Waals surface area (Å²) in [6.07, 6.45) is 0.0111. The van der Waals surface area contributed by atoms with Gasteiger partial charge in [-0.2, -0.15) is 0 Å². The van der Waals surface area contributed by atoms with Gasteiger partial charge in [0.1, 0.15) is 26.5 Å². The Kier molecular flexibility index (Phi) is 7.61. The molecular weight excluding hydrogens is 423 g/mol. The zero-order chi connectivity index (χ0) is 22.9. The third-order valence-corrected chi connectivity index (χ3v) is 8.20. The number of hydrogen-bond acceptors (Lipinski definition) is 5. The quantitative estimate of drug-likeness (QED) is 0.596. The van der Waals surface area contributed by atoms with Gasteiger partial charge in [0.25, 0.3) is 0 Å².